The third kappa shape index (κ3) is 3.19. The number of halogens is 4. The average molecular weight is 347 g/mol. The van der Waals surface area contributed by atoms with Gasteiger partial charge in [-0.25, -0.2) is 9.97 Å². The van der Waals surface area contributed by atoms with Crippen molar-refractivity contribution in [3.63, 3.8) is 0 Å². The van der Waals surface area contributed by atoms with Gasteiger partial charge in [0.2, 0.25) is 0 Å². The molecule has 20 heavy (non-hydrogen) atoms. The predicted octanol–water partition coefficient (Wildman–Crippen LogP) is 4.04. The van der Waals surface area contributed by atoms with Crippen molar-refractivity contribution in [3.8, 4) is 0 Å². The van der Waals surface area contributed by atoms with Crippen molar-refractivity contribution in [2.24, 2.45) is 0 Å². The quantitative estimate of drug-likeness (QED) is 0.880. The number of nitrogens with one attached hydrogen (secondary N) is 2. The zero-order valence-electron chi connectivity index (χ0n) is 10.3. The Kier molecular flexibility index (Phi) is 4.12. The van der Waals surface area contributed by atoms with Gasteiger partial charge in [-0.3, -0.25) is 0 Å². The first kappa shape index (κ1) is 14.6. The van der Waals surface area contributed by atoms with Gasteiger partial charge in [0.1, 0.15) is 22.4 Å². The van der Waals surface area contributed by atoms with Gasteiger partial charge in [-0.05, 0) is 34.1 Å². The third-order valence-electron chi connectivity index (χ3n) is 2.48. The topological polar surface area (TPSA) is 49.8 Å². The highest BCUT2D eigenvalue weighted by Crippen LogP contribution is 2.33. The number of benzene rings is 1. The van der Waals surface area contributed by atoms with Crippen LogP contribution < -0.4 is 10.6 Å². The summed E-state index contributed by atoms with van der Waals surface area (Å²) < 4.78 is 38.4. The molecule has 1 aromatic heterocycles. The van der Waals surface area contributed by atoms with Crippen LogP contribution in [-0.2, 0) is 6.18 Å². The Morgan fingerprint density at radius 1 is 1.15 bits per heavy atom. The average Bonchev–Trinajstić information content (AvgIpc) is 2.40. The number of rotatable bonds is 3. The molecule has 0 unspecified atom stereocenters. The monoisotopic (exact) mass is 346 g/mol. The van der Waals surface area contributed by atoms with E-state index in [1.807, 2.05) is 0 Å². The second kappa shape index (κ2) is 5.66. The van der Waals surface area contributed by atoms with Gasteiger partial charge in [0.25, 0.3) is 0 Å². The smallest absolute Gasteiger partial charge is 0.372 e. The van der Waals surface area contributed by atoms with Gasteiger partial charge in [0, 0.05) is 12.7 Å². The Balaban J connectivity index is 2.31. The normalized spacial score (nSPS) is 11.2. The van der Waals surface area contributed by atoms with Gasteiger partial charge in [-0.15, -0.1) is 0 Å². The number of alkyl halides is 3. The molecule has 2 rings (SSSR count). The van der Waals surface area contributed by atoms with Crippen molar-refractivity contribution < 1.29 is 13.2 Å². The number of aromatic nitrogens is 2. The largest absolute Gasteiger partial charge is 0.416 e. The molecule has 106 valence electrons. The lowest BCUT2D eigenvalue weighted by Crippen LogP contribution is -2.06. The van der Waals surface area contributed by atoms with Crippen LogP contribution in [0.1, 0.15) is 5.56 Å². The maximum absolute atomic E-state index is 12.6. The lowest BCUT2D eigenvalue weighted by Gasteiger charge is -2.12. The molecule has 0 aliphatic carbocycles. The van der Waals surface area contributed by atoms with Crippen molar-refractivity contribution >= 4 is 33.3 Å². The maximum Gasteiger partial charge on any atom is 0.416 e. The molecule has 0 aliphatic heterocycles. The van der Waals surface area contributed by atoms with E-state index in [0.717, 1.165) is 12.1 Å². The minimum absolute atomic E-state index is 0.293. The highest BCUT2D eigenvalue weighted by Gasteiger charge is 2.30. The summed E-state index contributed by atoms with van der Waals surface area (Å²) in [5.74, 6) is 0.915. The molecule has 0 fully saturated rings. The zero-order chi connectivity index (χ0) is 14.8. The summed E-state index contributed by atoms with van der Waals surface area (Å²) in [6.07, 6.45) is -3.07. The second-order valence-electron chi connectivity index (χ2n) is 3.84. The van der Waals surface area contributed by atoms with Crippen LogP contribution in [0.25, 0.3) is 0 Å². The highest BCUT2D eigenvalue weighted by molar-refractivity contribution is 9.10. The summed E-state index contributed by atoms with van der Waals surface area (Å²) in [5.41, 5.74) is -0.428. The molecule has 4 nitrogen and oxygen atoms in total. The van der Waals surface area contributed by atoms with E-state index < -0.39 is 11.7 Å². The molecule has 0 amide bonds. The van der Waals surface area contributed by atoms with Gasteiger partial charge in [-0.2, -0.15) is 13.2 Å². The summed E-state index contributed by atoms with van der Waals surface area (Å²) in [6, 6.07) is 4.90. The molecule has 0 bridgehead atoms. The number of anilines is 3. The van der Waals surface area contributed by atoms with Crippen LogP contribution in [0.4, 0.5) is 30.5 Å². The minimum atomic E-state index is -4.38. The zero-order valence-corrected chi connectivity index (χ0v) is 11.9. The summed E-state index contributed by atoms with van der Waals surface area (Å²) in [7, 11) is 1.68. The molecule has 0 saturated carbocycles. The Morgan fingerprint density at radius 3 is 2.50 bits per heavy atom. The van der Waals surface area contributed by atoms with Crippen LogP contribution in [0, 0.1) is 0 Å². The summed E-state index contributed by atoms with van der Waals surface area (Å²) in [4.78, 5) is 7.95. The van der Waals surface area contributed by atoms with Crippen molar-refractivity contribution in [3.05, 3.63) is 40.6 Å². The van der Waals surface area contributed by atoms with Gasteiger partial charge >= 0.3 is 6.18 Å². The molecule has 1 heterocycles. The molecule has 0 spiro atoms. The highest BCUT2D eigenvalue weighted by atomic mass is 79.9. The standard InChI is InChI=1S/C12H10BrF3N4/c1-17-10-9(13)11(19-6-18-10)20-8-4-2-3-7(5-8)12(14,15)16/h2-6H,1H3,(H2,17,18,19,20). The first-order chi connectivity index (χ1) is 9.41. The Bertz CT molecular complexity index is 616. The van der Waals surface area contributed by atoms with Crippen LogP contribution in [0.15, 0.2) is 35.1 Å². The number of hydrogen-bond acceptors (Lipinski definition) is 4. The first-order valence-corrected chi connectivity index (χ1v) is 6.33. The van der Waals surface area contributed by atoms with Crippen molar-refractivity contribution in [2.45, 2.75) is 6.18 Å². The minimum Gasteiger partial charge on any atom is -0.372 e. The van der Waals surface area contributed by atoms with E-state index in [2.05, 4.69) is 36.5 Å². The third-order valence-corrected chi connectivity index (χ3v) is 3.23. The van der Waals surface area contributed by atoms with E-state index in [1.165, 1.54) is 18.5 Å². The summed E-state index contributed by atoms with van der Waals surface area (Å²) in [6.45, 7) is 0. The van der Waals surface area contributed by atoms with Crippen LogP contribution in [-0.4, -0.2) is 17.0 Å². The van der Waals surface area contributed by atoms with Gasteiger partial charge in [0.15, 0.2) is 0 Å². The van der Waals surface area contributed by atoms with Crippen LogP contribution in [0.5, 0.6) is 0 Å². The van der Waals surface area contributed by atoms with Crippen molar-refractivity contribution in [1.29, 1.82) is 0 Å². The molecular weight excluding hydrogens is 337 g/mol. The van der Waals surface area contributed by atoms with Crippen LogP contribution in [0.2, 0.25) is 0 Å². The fourth-order valence-corrected chi connectivity index (χ4v) is 2.04. The van der Waals surface area contributed by atoms with E-state index in [9.17, 15) is 13.2 Å². The van der Waals surface area contributed by atoms with E-state index in [1.54, 1.807) is 7.05 Å². The first-order valence-electron chi connectivity index (χ1n) is 5.54. The van der Waals surface area contributed by atoms with Crippen molar-refractivity contribution in [1.82, 2.24) is 9.97 Å². The van der Waals surface area contributed by atoms with Gasteiger partial charge in [-0.1, -0.05) is 6.07 Å². The molecular formula is C12H10BrF3N4. The van der Waals surface area contributed by atoms with E-state index in [0.29, 0.717) is 21.8 Å². The van der Waals surface area contributed by atoms with E-state index in [4.69, 9.17) is 0 Å². The number of nitrogens with zero attached hydrogens (tertiary/aromatic N) is 2. The van der Waals surface area contributed by atoms with Gasteiger partial charge in [0.05, 0.1) is 5.56 Å². The molecule has 8 heteroatoms. The molecule has 0 aliphatic rings. The molecule has 1 aromatic carbocycles. The lowest BCUT2D eigenvalue weighted by molar-refractivity contribution is -0.137. The van der Waals surface area contributed by atoms with E-state index in [-0.39, 0.29) is 0 Å². The fraction of sp³-hybridized carbons (Fsp3) is 0.167. The van der Waals surface area contributed by atoms with Crippen LogP contribution in [0.3, 0.4) is 0 Å². The SMILES string of the molecule is CNc1ncnc(Nc2cccc(C(F)(F)F)c2)c1Br. The summed E-state index contributed by atoms with van der Waals surface area (Å²) in [5, 5.41) is 5.66. The molecule has 0 radical (unpaired) electrons. The van der Waals surface area contributed by atoms with Gasteiger partial charge < -0.3 is 10.6 Å². The molecule has 0 saturated heterocycles. The van der Waals surface area contributed by atoms with E-state index >= 15 is 0 Å². The number of hydrogen-bond donors (Lipinski definition) is 2. The second-order valence-corrected chi connectivity index (χ2v) is 4.63. The lowest BCUT2D eigenvalue weighted by atomic mass is 10.2. The predicted molar refractivity (Wildman–Crippen MR) is 74.0 cm³/mol. The summed E-state index contributed by atoms with van der Waals surface area (Å²) >= 11 is 3.28. The Labute approximate surface area is 121 Å². The Morgan fingerprint density at radius 2 is 1.85 bits per heavy atom. The molecule has 0 atom stereocenters. The molecule has 2 N–H and O–H groups in total. The Hall–Kier alpha value is -1.83. The maximum atomic E-state index is 12.6. The van der Waals surface area contributed by atoms with Crippen LogP contribution >= 0.6 is 15.9 Å². The molecule has 2 aromatic rings. The van der Waals surface area contributed by atoms with Crippen molar-refractivity contribution in [2.75, 3.05) is 17.7 Å². The fourth-order valence-electron chi connectivity index (χ4n) is 1.54.